The summed E-state index contributed by atoms with van der Waals surface area (Å²) in [5, 5.41) is 17.2. The van der Waals surface area contributed by atoms with Crippen molar-refractivity contribution in [2.45, 2.75) is 64.6 Å². The van der Waals surface area contributed by atoms with Crippen molar-refractivity contribution in [1.82, 2.24) is 20.4 Å². The zero-order chi connectivity index (χ0) is 24.4. The Morgan fingerprint density at radius 2 is 2.03 bits per heavy atom. The molecule has 180 valence electrons. The molecule has 1 fully saturated rings. The van der Waals surface area contributed by atoms with Crippen LogP contribution in [0.25, 0.3) is 10.4 Å². The molecule has 2 aromatic heterocycles. The molecule has 0 saturated carbocycles. The topological polar surface area (TPSA) is 109 Å². The molecule has 1 aliphatic heterocycles. The fourth-order valence-electron chi connectivity index (χ4n) is 4.45. The number of hydrogen-bond acceptors (Lipinski definition) is 7. The number of aryl methyl sites for hydroxylation is 2. The lowest BCUT2D eigenvalue weighted by atomic mass is 10.0. The quantitative estimate of drug-likeness (QED) is 0.531. The number of likely N-dealkylation sites (tertiary alicyclic amines) is 1. The van der Waals surface area contributed by atoms with Crippen LogP contribution in [0, 0.1) is 13.8 Å². The van der Waals surface area contributed by atoms with Crippen LogP contribution in [-0.4, -0.2) is 50.7 Å². The fourth-order valence-corrected chi connectivity index (χ4v) is 5.26. The molecule has 0 bridgehead atoms. The number of benzene rings is 1. The van der Waals surface area contributed by atoms with Gasteiger partial charge >= 0.3 is 0 Å². The van der Waals surface area contributed by atoms with Gasteiger partial charge in [-0.2, -0.15) is 0 Å². The number of β-amino-alcohol motifs (C(OH)–C–C–N with tert-alkyl or cyclic N) is 1. The Bertz CT molecular complexity index is 1160. The lowest BCUT2D eigenvalue weighted by Gasteiger charge is -2.28. The number of amides is 2. The largest absolute Gasteiger partial charge is 0.391 e. The van der Waals surface area contributed by atoms with Crippen LogP contribution in [0.2, 0.25) is 0 Å². The summed E-state index contributed by atoms with van der Waals surface area (Å²) in [6, 6.07) is 8.79. The fraction of sp³-hybridized carbons (Fsp3) is 0.440. The van der Waals surface area contributed by atoms with Crippen molar-refractivity contribution >= 4 is 23.2 Å². The molecule has 0 spiro atoms. The van der Waals surface area contributed by atoms with E-state index in [4.69, 9.17) is 4.52 Å². The summed E-state index contributed by atoms with van der Waals surface area (Å²) in [7, 11) is 0. The molecule has 4 rings (SSSR count). The smallest absolute Gasteiger partial charge is 0.243 e. The molecule has 0 unspecified atom stereocenters. The van der Waals surface area contributed by atoms with Crippen LogP contribution >= 0.6 is 11.3 Å². The van der Waals surface area contributed by atoms with E-state index >= 15 is 0 Å². The van der Waals surface area contributed by atoms with Gasteiger partial charge in [0, 0.05) is 19.0 Å². The predicted octanol–water partition coefficient (Wildman–Crippen LogP) is 3.75. The van der Waals surface area contributed by atoms with Crippen molar-refractivity contribution in [2.24, 2.45) is 0 Å². The highest BCUT2D eigenvalue weighted by molar-refractivity contribution is 7.13. The Morgan fingerprint density at radius 3 is 2.62 bits per heavy atom. The number of hydrogen-bond donors (Lipinski definition) is 2. The van der Waals surface area contributed by atoms with Crippen LogP contribution in [0.4, 0.5) is 0 Å². The van der Waals surface area contributed by atoms with E-state index in [0.717, 1.165) is 21.7 Å². The first-order valence-corrected chi connectivity index (χ1v) is 12.4. The predicted molar refractivity (Wildman–Crippen MR) is 129 cm³/mol. The van der Waals surface area contributed by atoms with Crippen LogP contribution in [0.15, 0.2) is 40.4 Å². The summed E-state index contributed by atoms with van der Waals surface area (Å²) in [6.07, 6.45) is -0.0261. The van der Waals surface area contributed by atoms with Gasteiger partial charge in [0.2, 0.25) is 11.8 Å². The average Bonchev–Trinajstić information content (AvgIpc) is 3.54. The van der Waals surface area contributed by atoms with Crippen molar-refractivity contribution < 1.29 is 19.2 Å². The molecule has 3 aromatic rings. The minimum Gasteiger partial charge on any atom is -0.391 e. The van der Waals surface area contributed by atoms with Crippen LogP contribution in [-0.2, 0) is 9.59 Å². The number of nitrogens with zero attached hydrogens (tertiary/aromatic N) is 3. The number of rotatable bonds is 7. The molecule has 2 N–H and O–H groups in total. The maximum Gasteiger partial charge on any atom is 0.243 e. The number of aromatic nitrogens is 2. The number of aliphatic hydroxyl groups excluding tert-OH is 1. The molecule has 8 nitrogen and oxygen atoms in total. The van der Waals surface area contributed by atoms with Crippen LogP contribution in [0.3, 0.4) is 0 Å². The van der Waals surface area contributed by atoms with Crippen molar-refractivity contribution in [3.63, 3.8) is 0 Å². The van der Waals surface area contributed by atoms with E-state index in [-0.39, 0.29) is 30.8 Å². The van der Waals surface area contributed by atoms with Gasteiger partial charge in [0.25, 0.3) is 0 Å². The van der Waals surface area contributed by atoms with Gasteiger partial charge in [0.15, 0.2) is 0 Å². The van der Waals surface area contributed by atoms with Gasteiger partial charge in [-0.1, -0.05) is 36.3 Å². The molecule has 1 aliphatic rings. The number of nitrogens with one attached hydrogen (secondary N) is 1. The zero-order valence-corrected chi connectivity index (χ0v) is 20.6. The molecule has 9 heteroatoms. The Hall–Kier alpha value is -3.04. The van der Waals surface area contributed by atoms with E-state index in [1.54, 1.807) is 24.3 Å². The molecule has 1 aromatic carbocycles. The van der Waals surface area contributed by atoms with Gasteiger partial charge in [0.1, 0.15) is 11.8 Å². The van der Waals surface area contributed by atoms with Crippen LogP contribution < -0.4 is 5.32 Å². The monoisotopic (exact) mass is 482 g/mol. The molecular weight excluding hydrogens is 452 g/mol. The third kappa shape index (κ3) is 4.90. The van der Waals surface area contributed by atoms with Gasteiger partial charge in [-0.25, -0.2) is 4.98 Å². The van der Waals surface area contributed by atoms with Crippen molar-refractivity contribution in [2.75, 3.05) is 6.54 Å². The second-order valence-corrected chi connectivity index (χ2v) is 9.70. The number of carbonyl (C=O) groups excluding carboxylic acids is 2. The second kappa shape index (κ2) is 10.1. The lowest BCUT2D eigenvalue weighted by Crippen LogP contribution is -2.47. The minimum atomic E-state index is -0.745. The molecule has 0 aliphatic carbocycles. The van der Waals surface area contributed by atoms with Crippen LogP contribution in [0.5, 0.6) is 0 Å². The number of aliphatic hydroxyl groups is 1. The lowest BCUT2D eigenvalue weighted by molar-refractivity contribution is -0.140. The van der Waals surface area contributed by atoms with Crippen molar-refractivity contribution in [3.05, 3.63) is 58.6 Å². The summed E-state index contributed by atoms with van der Waals surface area (Å²) in [5.41, 5.74) is 5.57. The van der Waals surface area contributed by atoms with E-state index < -0.39 is 18.1 Å². The SMILES string of the molecule is CC[C@H](C(=O)N1C[C@H](O)C[C@H]1C(=O)N[C@@H](C)c1ccc(-c2scnc2C)cc1)c1cc(C)no1. The highest BCUT2D eigenvalue weighted by atomic mass is 32.1. The summed E-state index contributed by atoms with van der Waals surface area (Å²) in [6.45, 7) is 7.71. The molecule has 4 atom stereocenters. The summed E-state index contributed by atoms with van der Waals surface area (Å²) in [4.78, 5) is 33.4. The number of carbonyl (C=O) groups is 2. The van der Waals surface area contributed by atoms with E-state index in [2.05, 4.69) is 15.5 Å². The van der Waals surface area contributed by atoms with E-state index in [1.165, 1.54) is 4.90 Å². The van der Waals surface area contributed by atoms with Crippen molar-refractivity contribution in [3.8, 4) is 10.4 Å². The first-order chi connectivity index (χ1) is 16.3. The maximum absolute atomic E-state index is 13.3. The Balaban J connectivity index is 1.45. The normalized spacial score (nSPS) is 19.7. The van der Waals surface area contributed by atoms with E-state index in [0.29, 0.717) is 17.9 Å². The molecule has 2 amide bonds. The first kappa shape index (κ1) is 24.1. The van der Waals surface area contributed by atoms with Gasteiger partial charge in [-0.15, -0.1) is 11.3 Å². The Labute approximate surface area is 203 Å². The van der Waals surface area contributed by atoms with E-state index in [9.17, 15) is 14.7 Å². The third-order valence-corrected chi connectivity index (χ3v) is 7.32. The Morgan fingerprint density at radius 1 is 1.29 bits per heavy atom. The summed E-state index contributed by atoms with van der Waals surface area (Å²) in [5.74, 6) is -0.562. The van der Waals surface area contributed by atoms with Gasteiger partial charge in [-0.05, 0) is 38.3 Å². The van der Waals surface area contributed by atoms with Gasteiger partial charge < -0.3 is 19.8 Å². The molecule has 3 heterocycles. The van der Waals surface area contributed by atoms with Crippen LogP contribution in [0.1, 0.15) is 61.4 Å². The average molecular weight is 483 g/mol. The van der Waals surface area contributed by atoms with Gasteiger partial charge in [0.05, 0.1) is 39.8 Å². The third-order valence-electron chi connectivity index (χ3n) is 6.34. The van der Waals surface area contributed by atoms with E-state index in [1.807, 2.05) is 50.5 Å². The standard InChI is InChI=1S/C25H30N4O4S/c1-5-20(22-10-14(2)28-33-22)25(32)29-12-19(30)11-21(29)24(31)27-15(3)17-6-8-18(9-7-17)23-16(4)26-13-34-23/h6-10,13,15,19-21,30H,5,11-12H2,1-4H3,(H,27,31)/t15-,19+,20-,21-/m0/s1. The Kier molecular flexibility index (Phi) is 7.13. The maximum atomic E-state index is 13.3. The number of thiazole rings is 1. The summed E-state index contributed by atoms with van der Waals surface area (Å²) < 4.78 is 5.32. The highest BCUT2D eigenvalue weighted by Crippen LogP contribution is 2.30. The molecule has 34 heavy (non-hydrogen) atoms. The van der Waals surface area contributed by atoms with Crippen molar-refractivity contribution in [1.29, 1.82) is 0 Å². The minimum absolute atomic E-state index is 0.123. The molecule has 0 radical (unpaired) electrons. The summed E-state index contributed by atoms with van der Waals surface area (Å²) >= 11 is 1.60. The molecular formula is C25H30N4O4S. The second-order valence-electron chi connectivity index (χ2n) is 8.85. The zero-order valence-electron chi connectivity index (χ0n) is 19.8. The molecule has 1 saturated heterocycles. The first-order valence-electron chi connectivity index (χ1n) is 11.5. The highest BCUT2D eigenvalue weighted by Gasteiger charge is 2.42. The van der Waals surface area contributed by atoms with Gasteiger partial charge in [-0.3, -0.25) is 9.59 Å².